The smallest absolute Gasteiger partial charge is 0.337 e. The molecule has 0 radical (unpaired) electrons. The van der Waals surface area contributed by atoms with Crippen molar-refractivity contribution >= 4 is 52.2 Å². The SMILES string of the molecule is C.COC(=O)c1ccc(N)c(C(=O)C[C@@H]2N[C@@]3(C(=O)Nc4cc(Cl)ccc43)[C@@H](c3cccc(Cl)c3F)[C@@H]2[N+](=O)[O-])c1. The number of ketones is 1. The van der Waals surface area contributed by atoms with Crippen molar-refractivity contribution in [1.29, 1.82) is 0 Å². The van der Waals surface area contributed by atoms with Crippen LogP contribution < -0.4 is 16.4 Å². The number of halogens is 3. The topological polar surface area (TPSA) is 154 Å². The normalized spacial score (nSPS) is 22.5. The number of ether oxygens (including phenoxy) is 1. The second kappa shape index (κ2) is 11.1. The molecule has 3 aromatic carbocycles. The van der Waals surface area contributed by atoms with Crippen molar-refractivity contribution < 1.29 is 28.4 Å². The number of hydrogen-bond acceptors (Lipinski definition) is 8. The van der Waals surface area contributed by atoms with Gasteiger partial charge >= 0.3 is 5.97 Å². The fourth-order valence-electron chi connectivity index (χ4n) is 5.69. The molecule has 0 saturated carbocycles. The lowest BCUT2D eigenvalue weighted by Crippen LogP contribution is -2.49. The van der Waals surface area contributed by atoms with E-state index in [-0.39, 0.29) is 34.8 Å². The third-order valence-corrected chi connectivity index (χ3v) is 7.91. The Morgan fingerprint density at radius 3 is 2.59 bits per heavy atom. The molecule has 4 N–H and O–H groups in total. The van der Waals surface area contributed by atoms with E-state index >= 15 is 4.39 Å². The molecule has 10 nitrogen and oxygen atoms in total. The minimum Gasteiger partial charge on any atom is -0.465 e. The zero-order valence-corrected chi connectivity index (χ0v) is 22.3. The number of nitrogens with one attached hydrogen (secondary N) is 2. The Bertz CT molecular complexity index is 1600. The van der Waals surface area contributed by atoms with E-state index in [0.717, 1.165) is 0 Å². The number of Topliss-reactive ketones (excluding diaryl/α,β-unsaturated/α-hetero) is 1. The fraction of sp³-hybridized carbons (Fsp3) is 0.250. The number of nitrogens with two attached hydrogens (primary N) is 1. The number of carbonyl (C=O) groups excluding carboxylic acids is 3. The monoisotopic (exact) mass is 602 g/mol. The average molecular weight is 603 g/mol. The number of hydrogen-bond donors (Lipinski definition) is 3. The molecule has 0 aliphatic carbocycles. The van der Waals surface area contributed by atoms with Gasteiger partial charge in [0, 0.05) is 44.4 Å². The van der Waals surface area contributed by atoms with E-state index in [0.29, 0.717) is 16.3 Å². The molecule has 1 amide bonds. The predicted molar refractivity (Wildman–Crippen MR) is 151 cm³/mol. The Balaban J connectivity index is 0.00000387. The number of nitrogens with zero attached hydrogens (tertiary/aromatic N) is 1. The van der Waals surface area contributed by atoms with E-state index < -0.39 is 58.4 Å². The number of nitrogen functional groups attached to an aromatic ring is 1. The third-order valence-electron chi connectivity index (χ3n) is 7.39. The van der Waals surface area contributed by atoms with E-state index in [1.807, 2.05) is 0 Å². The maximum Gasteiger partial charge on any atom is 0.337 e. The van der Waals surface area contributed by atoms with Crippen molar-refractivity contribution in [3.8, 4) is 0 Å². The Morgan fingerprint density at radius 1 is 1.17 bits per heavy atom. The lowest BCUT2D eigenvalue weighted by Gasteiger charge is -2.30. The summed E-state index contributed by atoms with van der Waals surface area (Å²) in [5.74, 6) is -4.35. The number of nitro groups is 1. The van der Waals surface area contributed by atoms with Crippen LogP contribution in [-0.2, 0) is 15.1 Å². The van der Waals surface area contributed by atoms with Gasteiger partial charge in [-0.3, -0.25) is 25.0 Å². The van der Waals surface area contributed by atoms with Crippen molar-refractivity contribution in [2.24, 2.45) is 0 Å². The van der Waals surface area contributed by atoms with Gasteiger partial charge in [-0.05, 0) is 36.4 Å². The van der Waals surface area contributed by atoms with Crippen molar-refractivity contribution in [2.75, 3.05) is 18.2 Å². The molecule has 0 unspecified atom stereocenters. The first-order valence-corrected chi connectivity index (χ1v) is 12.7. The largest absolute Gasteiger partial charge is 0.465 e. The quantitative estimate of drug-likeness (QED) is 0.118. The Hall–Kier alpha value is -4.06. The summed E-state index contributed by atoms with van der Waals surface area (Å²) in [6, 6.07) is 9.61. The number of benzene rings is 3. The number of amides is 1. The van der Waals surface area contributed by atoms with Crippen LogP contribution in [0.4, 0.5) is 15.8 Å². The van der Waals surface area contributed by atoms with E-state index in [1.165, 1.54) is 61.7 Å². The molecule has 2 heterocycles. The van der Waals surface area contributed by atoms with Gasteiger partial charge in [0.2, 0.25) is 11.9 Å². The van der Waals surface area contributed by atoms with Crippen LogP contribution in [0, 0.1) is 15.9 Å². The van der Waals surface area contributed by atoms with Crippen LogP contribution >= 0.6 is 23.2 Å². The van der Waals surface area contributed by atoms with Gasteiger partial charge in [0.15, 0.2) is 5.78 Å². The van der Waals surface area contributed by atoms with Crippen LogP contribution in [0.2, 0.25) is 10.0 Å². The molecular formula is C28H25Cl2FN4O6. The molecular weight excluding hydrogens is 578 g/mol. The molecule has 0 aromatic heterocycles. The second-order valence-electron chi connectivity index (χ2n) is 9.52. The van der Waals surface area contributed by atoms with Gasteiger partial charge in [-0.1, -0.05) is 48.8 Å². The van der Waals surface area contributed by atoms with E-state index in [4.69, 9.17) is 33.7 Å². The van der Waals surface area contributed by atoms with Crippen LogP contribution in [0.1, 0.15) is 51.6 Å². The van der Waals surface area contributed by atoms with Gasteiger partial charge in [0.1, 0.15) is 11.4 Å². The number of esters is 1. The Labute approximate surface area is 244 Å². The highest BCUT2D eigenvalue weighted by Crippen LogP contribution is 2.54. The summed E-state index contributed by atoms with van der Waals surface area (Å²) < 4.78 is 20.2. The predicted octanol–water partition coefficient (Wildman–Crippen LogP) is 4.96. The van der Waals surface area contributed by atoms with Crippen LogP contribution in [-0.4, -0.2) is 41.8 Å². The first-order chi connectivity index (χ1) is 19.0. The lowest BCUT2D eigenvalue weighted by molar-refractivity contribution is -0.526. The molecule has 5 rings (SSSR count). The number of fused-ring (bicyclic) bond motifs is 2. The van der Waals surface area contributed by atoms with E-state index in [1.54, 1.807) is 0 Å². The molecule has 2 aliphatic heterocycles. The molecule has 214 valence electrons. The van der Waals surface area contributed by atoms with Crippen molar-refractivity contribution in [3.63, 3.8) is 0 Å². The first kappa shape index (κ1) is 29.9. The maximum atomic E-state index is 15.5. The number of carbonyl (C=O) groups is 3. The van der Waals surface area contributed by atoms with E-state index in [9.17, 15) is 24.5 Å². The van der Waals surface area contributed by atoms with Gasteiger partial charge in [-0.2, -0.15) is 0 Å². The summed E-state index contributed by atoms with van der Waals surface area (Å²) in [6.07, 6.45) is -0.503. The van der Waals surface area contributed by atoms with Crippen LogP contribution in [0.25, 0.3) is 0 Å². The fourth-order valence-corrected chi connectivity index (χ4v) is 6.04. The molecule has 13 heteroatoms. The highest BCUT2D eigenvalue weighted by molar-refractivity contribution is 6.31. The summed E-state index contributed by atoms with van der Waals surface area (Å²) in [5, 5.41) is 18.4. The molecule has 3 aromatic rings. The Morgan fingerprint density at radius 2 is 1.90 bits per heavy atom. The molecule has 0 bridgehead atoms. The molecule has 1 saturated heterocycles. The molecule has 4 atom stereocenters. The Kier molecular flexibility index (Phi) is 8.08. The number of methoxy groups -OCH3 is 1. The van der Waals surface area contributed by atoms with Crippen molar-refractivity contribution in [3.05, 3.63) is 103 Å². The number of rotatable bonds is 6. The van der Waals surface area contributed by atoms with Crippen molar-refractivity contribution in [2.45, 2.75) is 37.4 Å². The average Bonchev–Trinajstić information content (AvgIpc) is 3.39. The molecule has 41 heavy (non-hydrogen) atoms. The standard InChI is InChI=1S/C27H21Cl2FN4O6.CH4/c1-40-25(36)12-5-8-18(31)15(9-12)21(35)11-20-24(34(38)39)22(14-3-2-4-17(29)23(14)30)27(33-20)16-7-6-13(28)10-19(16)32-26(27)37;/h2-10,20,22,24,33H,11,31H2,1H3,(H,32,37);1H4/t20-,22-,24+,27+;/m0./s1. The van der Waals surface area contributed by atoms with Gasteiger partial charge in [0.05, 0.1) is 29.7 Å². The highest BCUT2D eigenvalue weighted by atomic mass is 35.5. The summed E-state index contributed by atoms with van der Waals surface area (Å²) >= 11 is 12.2. The molecule has 1 spiro atoms. The maximum absolute atomic E-state index is 15.5. The summed E-state index contributed by atoms with van der Waals surface area (Å²) in [4.78, 5) is 51.2. The molecule has 2 aliphatic rings. The number of anilines is 2. The zero-order chi connectivity index (χ0) is 28.9. The highest BCUT2D eigenvalue weighted by Gasteiger charge is 2.67. The minimum atomic E-state index is -1.84. The van der Waals surface area contributed by atoms with Gasteiger partial charge in [0.25, 0.3) is 0 Å². The summed E-state index contributed by atoms with van der Waals surface area (Å²) in [7, 11) is 1.18. The zero-order valence-electron chi connectivity index (χ0n) is 20.7. The summed E-state index contributed by atoms with van der Waals surface area (Å²) in [6.45, 7) is 0. The molecule has 1 fully saturated rings. The van der Waals surface area contributed by atoms with Crippen LogP contribution in [0.5, 0.6) is 0 Å². The summed E-state index contributed by atoms with van der Waals surface area (Å²) in [5.41, 5.74) is 4.64. The van der Waals surface area contributed by atoms with Crippen LogP contribution in [0.15, 0.2) is 54.6 Å². The minimum absolute atomic E-state index is 0. The van der Waals surface area contributed by atoms with Crippen LogP contribution in [0.3, 0.4) is 0 Å². The van der Waals surface area contributed by atoms with Gasteiger partial charge in [-0.15, -0.1) is 0 Å². The van der Waals surface area contributed by atoms with Crippen molar-refractivity contribution in [1.82, 2.24) is 5.32 Å². The first-order valence-electron chi connectivity index (χ1n) is 12.0. The third kappa shape index (κ3) is 4.79. The second-order valence-corrected chi connectivity index (χ2v) is 10.4. The van der Waals surface area contributed by atoms with Gasteiger partial charge < -0.3 is 15.8 Å². The lowest BCUT2D eigenvalue weighted by atomic mass is 9.74. The van der Waals surface area contributed by atoms with E-state index in [2.05, 4.69) is 10.6 Å². The van der Waals surface area contributed by atoms with Gasteiger partial charge in [-0.25, -0.2) is 9.18 Å².